The quantitative estimate of drug-likeness (QED) is 0.131. The number of carbonyl (C=O) groups excluding carboxylic acids is 4. The van der Waals surface area contributed by atoms with Crippen LogP contribution in [0.15, 0.2) is 53.1 Å². The number of oxime groups is 1. The molecule has 4 heterocycles. The Labute approximate surface area is 217 Å². The first-order chi connectivity index (χ1) is 17.7. The Bertz CT molecular complexity index is 1370. The number of primary amides is 1. The van der Waals surface area contributed by atoms with Crippen molar-refractivity contribution >= 4 is 57.8 Å². The minimum Gasteiger partial charge on any atom is -0.543 e. The van der Waals surface area contributed by atoms with E-state index in [1.165, 1.54) is 18.9 Å². The van der Waals surface area contributed by atoms with Crippen molar-refractivity contribution in [1.29, 1.82) is 0 Å². The van der Waals surface area contributed by atoms with Gasteiger partial charge in [0.1, 0.15) is 24.1 Å². The van der Waals surface area contributed by atoms with E-state index < -0.39 is 35.1 Å². The molecule has 2 aromatic rings. The summed E-state index contributed by atoms with van der Waals surface area (Å²) in [7, 11) is 1.23. The summed E-state index contributed by atoms with van der Waals surface area (Å²) < 4.78 is 5.62. The van der Waals surface area contributed by atoms with E-state index >= 15 is 0 Å². The van der Waals surface area contributed by atoms with Crippen LogP contribution in [-0.4, -0.2) is 67.9 Å². The van der Waals surface area contributed by atoms with Gasteiger partial charge in [0.25, 0.3) is 17.7 Å². The fraction of sp³-hybridized carbons (Fsp3) is 0.238. The predicted molar refractivity (Wildman–Crippen MR) is 129 cm³/mol. The van der Waals surface area contributed by atoms with Crippen LogP contribution in [0.4, 0.5) is 5.13 Å². The number of nitrogens with zero attached hydrogens (tertiary/aromatic N) is 5. The molecule has 1 saturated heterocycles. The zero-order valence-electron chi connectivity index (χ0n) is 19.2. The first-order valence-corrected chi connectivity index (χ1v) is 12.4. The number of aromatic nitrogens is 3. The van der Waals surface area contributed by atoms with E-state index in [0.29, 0.717) is 17.7 Å². The van der Waals surface area contributed by atoms with Crippen LogP contribution in [0.2, 0.25) is 0 Å². The maximum Gasteiger partial charge on any atom is 0.278 e. The number of carbonyl (C=O) groups is 4. The number of anilines is 1. The van der Waals surface area contributed by atoms with Crippen LogP contribution >= 0.6 is 23.3 Å². The lowest BCUT2D eigenvalue weighted by Gasteiger charge is -2.50. The zero-order chi connectivity index (χ0) is 26.7. The number of pyridine rings is 1. The first kappa shape index (κ1) is 25.8. The minimum atomic E-state index is -1.52. The smallest absolute Gasteiger partial charge is 0.278 e. The number of aliphatic carboxylic acids is 1. The van der Waals surface area contributed by atoms with Crippen LogP contribution in [0, 0.1) is 0 Å². The van der Waals surface area contributed by atoms with Gasteiger partial charge >= 0.3 is 0 Å². The zero-order valence-corrected chi connectivity index (χ0v) is 20.8. The van der Waals surface area contributed by atoms with Gasteiger partial charge < -0.3 is 31.5 Å². The molecule has 0 aromatic carbocycles. The molecule has 0 saturated carbocycles. The number of nitrogen functional groups attached to an aromatic ring is 1. The van der Waals surface area contributed by atoms with Crippen LogP contribution in [0.3, 0.4) is 0 Å². The van der Waals surface area contributed by atoms with Crippen molar-refractivity contribution in [3.63, 3.8) is 0 Å². The molecule has 2 aromatic heterocycles. The summed E-state index contributed by atoms with van der Waals surface area (Å²) in [6, 6.07) is 2.23. The number of allylic oxidation sites excluding steroid dienone is 2. The molecule has 5 N–H and O–H groups in total. The molecule has 3 amide bonds. The Morgan fingerprint density at radius 2 is 2.22 bits per heavy atom. The van der Waals surface area contributed by atoms with Crippen molar-refractivity contribution in [2.75, 3.05) is 18.6 Å². The summed E-state index contributed by atoms with van der Waals surface area (Å²) in [4.78, 5) is 58.7. The molecular formula is C21H20N8O6S2. The predicted octanol–water partition coefficient (Wildman–Crippen LogP) is -2.48. The number of amides is 3. The number of rotatable bonds is 9. The maximum atomic E-state index is 12.9. The number of nitrogens with one attached hydrogen (secondary N) is 1. The van der Waals surface area contributed by atoms with Gasteiger partial charge in [0.05, 0.1) is 11.7 Å². The SMILES string of the molecule is CON=C(C(=O)NC1C(=O)N2C(C(=O)[O-])=C(C=CC[n+]3cccc(C(N)=O)c3)CS[C@H]12)c1nsc(N)n1. The Balaban J connectivity index is 1.49. The standard InChI is InChI=1S/C21H20N8O6S2/c1-35-26-12(16-25-21(23)37-27-16)17(31)24-13-18(32)29-14(20(33)34)11(9-36-19(13)29)5-3-7-28-6-2-4-10(8-28)15(22)30/h2-6,8,13,19H,7,9H2,1H3,(H5-,22,23,24,25,27,30,31,33,34)/t13?,19-/m1/s1. The van der Waals surface area contributed by atoms with Crippen LogP contribution in [0.1, 0.15) is 16.2 Å². The van der Waals surface area contributed by atoms with Crippen molar-refractivity contribution < 1.29 is 33.7 Å². The second-order valence-corrected chi connectivity index (χ2v) is 9.55. The molecule has 2 aliphatic rings. The Morgan fingerprint density at radius 1 is 1.43 bits per heavy atom. The molecular weight excluding hydrogens is 524 g/mol. The Hall–Kier alpha value is -4.31. The summed E-state index contributed by atoms with van der Waals surface area (Å²) in [5.41, 5.74) is 11.0. The van der Waals surface area contributed by atoms with Gasteiger partial charge in [-0.25, -0.2) is 4.57 Å². The second kappa shape index (κ2) is 10.8. The Morgan fingerprint density at radius 3 is 2.86 bits per heavy atom. The molecule has 2 aliphatic heterocycles. The third-order valence-electron chi connectivity index (χ3n) is 5.31. The second-order valence-electron chi connectivity index (χ2n) is 7.66. The number of carboxylic acids is 1. The van der Waals surface area contributed by atoms with E-state index in [0.717, 1.165) is 16.4 Å². The van der Waals surface area contributed by atoms with E-state index in [2.05, 4.69) is 19.8 Å². The van der Waals surface area contributed by atoms with E-state index in [1.807, 2.05) is 0 Å². The average Bonchev–Trinajstić information content (AvgIpc) is 3.30. The summed E-state index contributed by atoms with van der Waals surface area (Å²) in [5, 5.41) is 17.6. The fourth-order valence-electron chi connectivity index (χ4n) is 3.67. The molecule has 4 rings (SSSR count). The lowest BCUT2D eigenvalue weighted by atomic mass is 10.0. The normalized spacial score (nSPS) is 19.4. The van der Waals surface area contributed by atoms with Gasteiger partial charge in [0.2, 0.25) is 11.5 Å². The number of hydrogen-bond acceptors (Lipinski definition) is 12. The van der Waals surface area contributed by atoms with E-state index in [9.17, 15) is 24.3 Å². The molecule has 1 unspecified atom stereocenters. The maximum absolute atomic E-state index is 12.9. The van der Waals surface area contributed by atoms with Crippen molar-refractivity contribution in [3.05, 3.63) is 59.3 Å². The molecule has 14 nitrogen and oxygen atoms in total. The summed E-state index contributed by atoms with van der Waals surface area (Å²) in [5.74, 6) is -3.31. The van der Waals surface area contributed by atoms with E-state index in [-0.39, 0.29) is 28.1 Å². The van der Waals surface area contributed by atoms with E-state index in [1.54, 1.807) is 41.2 Å². The first-order valence-electron chi connectivity index (χ1n) is 10.6. The molecule has 2 atom stereocenters. The molecule has 16 heteroatoms. The topological polar surface area (TPSA) is 210 Å². The molecule has 0 radical (unpaired) electrons. The third kappa shape index (κ3) is 5.29. The van der Waals surface area contributed by atoms with Gasteiger partial charge in [-0.1, -0.05) is 11.2 Å². The van der Waals surface area contributed by atoms with Crippen molar-refractivity contribution in [2.45, 2.75) is 18.0 Å². The van der Waals surface area contributed by atoms with Crippen molar-refractivity contribution in [3.8, 4) is 0 Å². The van der Waals surface area contributed by atoms with Gasteiger partial charge in [-0.05, 0) is 17.7 Å². The van der Waals surface area contributed by atoms with Gasteiger partial charge in [0, 0.05) is 23.4 Å². The largest absolute Gasteiger partial charge is 0.543 e. The van der Waals surface area contributed by atoms with Gasteiger partial charge in [-0.15, -0.1) is 11.8 Å². The van der Waals surface area contributed by atoms with Crippen LogP contribution in [0.25, 0.3) is 0 Å². The van der Waals surface area contributed by atoms with Gasteiger partial charge in [-0.2, -0.15) is 9.36 Å². The number of carboxylic acid groups (broad SMARTS) is 1. The highest BCUT2D eigenvalue weighted by atomic mass is 32.2. The Kier molecular flexibility index (Phi) is 7.49. The van der Waals surface area contributed by atoms with Crippen molar-refractivity contribution in [1.82, 2.24) is 19.6 Å². The molecule has 0 spiro atoms. The molecule has 192 valence electrons. The number of fused-ring (bicyclic) bond motifs is 1. The summed E-state index contributed by atoms with van der Waals surface area (Å²) in [6.07, 6.45) is 6.56. The summed E-state index contributed by atoms with van der Waals surface area (Å²) >= 11 is 2.13. The van der Waals surface area contributed by atoms with Crippen LogP contribution in [-0.2, 0) is 25.8 Å². The molecule has 0 aliphatic carbocycles. The van der Waals surface area contributed by atoms with Crippen molar-refractivity contribution in [2.24, 2.45) is 10.9 Å². The van der Waals surface area contributed by atoms with Crippen LogP contribution < -0.4 is 26.5 Å². The highest BCUT2D eigenvalue weighted by Gasteiger charge is 2.53. The lowest BCUT2D eigenvalue weighted by molar-refractivity contribution is -0.687. The molecule has 37 heavy (non-hydrogen) atoms. The highest BCUT2D eigenvalue weighted by Crippen LogP contribution is 2.40. The van der Waals surface area contributed by atoms with E-state index in [4.69, 9.17) is 16.3 Å². The van der Waals surface area contributed by atoms with Gasteiger partial charge in [0.15, 0.2) is 24.1 Å². The average molecular weight is 545 g/mol. The highest BCUT2D eigenvalue weighted by molar-refractivity contribution is 8.00. The molecule has 0 bridgehead atoms. The fourth-order valence-corrected chi connectivity index (χ4v) is 5.43. The van der Waals surface area contributed by atoms with Gasteiger partial charge in [-0.3, -0.25) is 19.3 Å². The third-order valence-corrected chi connectivity index (χ3v) is 7.15. The minimum absolute atomic E-state index is 0.0660. The number of hydrogen-bond donors (Lipinski definition) is 3. The summed E-state index contributed by atoms with van der Waals surface area (Å²) in [6.45, 7) is 0.322. The monoisotopic (exact) mass is 544 g/mol. The van der Waals surface area contributed by atoms with Crippen LogP contribution in [0.5, 0.6) is 0 Å². The number of nitrogens with two attached hydrogens (primary N) is 2. The molecule has 1 fully saturated rings. The lowest BCUT2D eigenvalue weighted by Crippen LogP contribution is -2.71. The number of β-lactam (4-membered cyclic amide) rings is 1. The number of thioether (sulfide) groups is 1.